The molecule has 2 atom stereocenters. The molecule has 1 aromatic rings. The van der Waals surface area contributed by atoms with E-state index in [1.807, 2.05) is 0 Å². The molecule has 0 aliphatic carbocycles. The lowest BCUT2D eigenvalue weighted by atomic mass is 10.1. The van der Waals surface area contributed by atoms with Crippen LogP contribution in [0.5, 0.6) is 5.75 Å². The first kappa shape index (κ1) is 17.6. The molecule has 2 N–H and O–H groups in total. The summed E-state index contributed by atoms with van der Waals surface area (Å²) in [6, 6.07) is 3.08. The molecule has 2 rings (SSSR count). The summed E-state index contributed by atoms with van der Waals surface area (Å²) in [5.74, 6) is -0.274. The SMILES string of the molecule is COc1ccc(CNC(=O)[C@H]2NCCO[C@@H]2C)c(C(F)(F)F)c1. The molecular formula is C15H19F3N2O3. The fraction of sp³-hybridized carbons (Fsp3) is 0.533. The maximum atomic E-state index is 13.1. The maximum absolute atomic E-state index is 13.1. The van der Waals surface area contributed by atoms with Gasteiger partial charge in [-0.25, -0.2) is 0 Å². The number of morpholine rings is 1. The number of rotatable bonds is 4. The van der Waals surface area contributed by atoms with Gasteiger partial charge in [0.25, 0.3) is 0 Å². The van der Waals surface area contributed by atoms with Crippen LogP contribution in [0.2, 0.25) is 0 Å². The van der Waals surface area contributed by atoms with Crippen molar-refractivity contribution in [3.8, 4) is 5.75 Å². The molecule has 23 heavy (non-hydrogen) atoms. The van der Waals surface area contributed by atoms with Gasteiger partial charge >= 0.3 is 6.18 Å². The van der Waals surface area contributed by atoms with Gasteiger partial charge < -0.3 is 20.1 Å². The Morgan fingerprint density at radius 2 is 2.22 bits per heavy atom. The first-order chi connectivity index (χ1) is 10.8. The second kappa shape index (κ2) is 7.18. The van der Waals surface area contributed by atoms with Crippen LogP contribution >= 0.6 is 0 Å². The number of carbonyl (C=O) groups is 1. The fourth-order valence-corrected chi connectivity index (χ4v) is 2.42. The molecule has 0 unspecified atom stereocenters. The van der Waals surface area contributed by atoms with E-state index >= 15 is 0 Å². The highest BCUT2D eigenvalue weighted by atomic mass is 19.4. The van der Waals surface area contributed by atoms with Crippen molar-refractivity contribution in [2.45, 2.75) is 31.8 Å². The molecule has 8 heteroatoms. The van der Waals surface area contributed by atoms with Crippen LogP contribution in [0.25, 0.3) is 0 Å². The van der Waals surface area contributed by atoms with E-state index in [0.29, 0.717) is 13.2 Å². The van der Waals surface area contributed by atoms with Crippen LogP contribution in [0.4, 0.5) is 13.2 Å². The summed E-state index contributed by atoms with van der Waals surface area (Å²) in [6.45, 7) is 2.55. The standard InChI is InChI=1S/C15H19F3N2O3/c1-9-13(19-5-6-23-9)14(21)20-8-10-3-4-11(22-2)7-12(10)15(16,17)18/h3-4,7,9,13,19H,5-6,8H2,1-2H3,(H,20,21)/t9-,13+/m1/s1. The number of methoxy groups -OCH3 is 1. The molecule has 128 valence electrons. The zero-order valence-corrected chi connectivity index (χ0v) is 12.9. The summed E-state index contributed by atoms with van der Waals surface area (Å²) in [5, 5.41) is 5.52. The zero-order chi connectivity index (χ0) is 17.0. The van der Waals surface area contributed by atoms with Gasteiger partial charge in [0, 0.05) is 13.1 Å². The van der Waals surface area contributed by atoms with Crippen LogP contribution in [-0.2, 0) is 22.3 Å². The molecule has 0 saturated carbocycles. The largest absolute Gasteiger partial charge is 0.497 e. The molecule has 1 saturated heterocycles. The Morgan fingerprint density at radius 3 is 2.83 bits per heavy atom. The number of hydrogen-bond acceptors (Lipinski definition) is 4. The molecule has 0 radical (unpaired) electrons. The molecule has 0 aromatic heterocycles. The Morgan fingerprint density at radius 1 is 1.48 bits per heavy atom. The summed E-state index contributed by atoms with van der Waals surface area (Å²) < 4.78 is 49.5. The minimum atomic E-state index is -4.52. The van der Waals surface area contributed by atoms with Crippen LogP contribution in [0.3, 0.4) is 0 Å². The number of hydrogen-bond donors (Lipinski definition) is 2. The van der Waals surface area contributed by atoms with Crippen LogP contribution < -0.4 is 15.4 Å². The van der Waals surface area contributed by atoms with E-state index in [1.165, 1.54) is 19.2 Å². The monoisotopic (exact) mass is 332 g/mol. The number of alkyl halides is 3. The van der Waals surface area contributed by atoms with Gasteiger partial charge in [0.15, 0.2) is 0 Å². The number of ether oxygens (including phenoxy) is 2. The first-order valence-electron chi connectivity index (χ1n) is 7.19. The number of carbonyl (C=O) groups excluding carboxylic acids is 1. The summed E-state index contributed by atoms with van der Waals surface area (Å²) in [5.41, 5.74) is -0.839. The summed E-state index contributed by atoms with van der Waals surface area (Å²) in [4.78, 5) is 12.1. The predicted molar refractivity (Wildman–Crippen MR) is 77.0 cm³/mol. The molecule has 1 aliphatic heterocycles. The van der Waals surface area contributed by atoms with Gasteiger partial charge in [0.2, 0.25) is 5.91 Å². The van der Waals surface area contributed by atoms with Crippen molar-refractivity contribution in [2.75, 3.05) is 20.3 Å². The molecule has 1 aromatic carbocycles. The Balaban J connectivity index is 2.09. The summed E-state index contributed by atoms with van der Waals surface area (Å²) in [7, 11) is 1.30. The third-order valence-corrected chi connectivity index (χ3v) is 3.67. The quantitative estimate of drug-likeness (QED) is 0.881. The highest BCUT2D eigenvalue weighted by molar-refractivity contribution is 5.82. The molecule has 1 aliphatic rings. The third-order valence-electron chi connectivity index (χ3n) is 3.67. The van der Waals surface area contributed by atoms with Crippen molar-refractivity contribution >= 4 is 5.91 Å². The van der Waals surface area contributed by atoms with Crippen molar-refractivity contribution < 1.29 is 27.4 Å². The summed E-state index contributed by atoms with van der Waals surface area (Å²) >= 11 is 0. The van der Waals surface area contributed by atoms with Crippen LogP contribution in [0, 0.1) is 0 Å². The Labute approximate surface area is 132 Å². The molecule has 5 nitrogen and oxygen atoms in total. The first-order valence-corrected chi connectivity index (χ1v) is 7.19. The van der Waals surface area contributed by atoms with Crippen molar-refractivity contribution in [3.63, 3.8) is 0 Å². The average molecular weight is 332 g/mol. The number of halogens is 3. The van der Waals surface area contributed by atoms with E-state index in [0.717, 1.165) is 6.07 Å². The number of nitrogens with one attached hydrogen (secondary N) is 2. The van der Waals surface area contributed by atoms with Gasteiger partial charge in [-0.05, 0) is 24.6 Å². The van der Waals surface area contributed by atoms with E-state index in [9.17, 15) is 18.0 Å². The molecule has 1 heterocycles. The van der Waals surface area contributed by atoms with E-state index in [-0.39, 0.29) is 29.9 Å². The van der Waals surface area contributed by atoms with Crippen molar-refractivity contribution in [3.05, 3.63) is 29.3 Å². The molecular weight excluding hydrogens is 313 g/mol. The van der Waals surface area contributed by atoms with Crippen LogP contribution in [0.1, 0.15) is 18.1 Å². The van der Waals surface area contributed by atoms with Gasteiger partial charge in [0.1, 0.15) is 11.8 Å². The van der Waals surface area contributed by atoms with Crippen molar-refractivity contribution in [2.24, 2.45) is 0 Å². The Bertz CT molecular complexity index is 563. The minimum absolute atomic E-state index is 0.0176. The van der Waals surface area contributed by atoms with Crippen LogP contribution in [0.15, 0.2) is 18.2 Å². The smallest absolute Gasteiger partial charge is 0.416 e. The van der Waals surface area contributed by atoms with E-state index in [4.69, 9.17) is 9.47 Å². The van der Waals surface area contributed by atoms with Gasteiger partial charge in [-0.1, -0.05) is 6.07 Å². The summed E-state index contributed by atoms with van der Waals surface area (Å²) in [6.07, 6.45) is -4.85. The lowest BCUT2D eigenvalue weighted by molar-refractivity contribution is -0.139. The lowest BCUT2D eigenvalue weighted by Crippen LogP contribution is -2.55. The Kier molecular flexibility index (Phi) is 5.48. The third kappa shape index (κ3) is 4.35. The molecule has 0 spiro atoms. The van der Waals surface area contributed by atoms with Crippen LogP contribution in [-0.4, -0.2) is 38.3 Å². The molecule has 1 fully saturated rings. The van der Waals surface area contributed by atoms with Gasteiger partial charge in [-0.3, -0.25) is 4.79 Å². The second-order valence-corrected chi connectivity index (χ2v) is 5.25. The number of amides is 1. The molecule has 0 bridgehead atoms. The van der Waals surface area contributed by atoms with Gasteiger partial charge in [-0.2, -0.15) is 13.2 Å². The van der Waals surface area contributed by atoms with E-state index < -0.39 is 17.8 Å². The zero-order valence-electron chi connectivity index (χ0n) is 12.9. The average Bonchev–Trinajstić information content (AvgIpc) is 2.52. The van der Waals surface area contributed by atoms with Gasteiger partial charge in [-0.15, -0.1) is 0 Å². The predicted octanol–water partition coefficient (Wildman–Crippen LogP) is 1.71. The second-order valence-electron chi connectivity index (χ2n) is 5.25. The maximum Gasteiger partial charge on any atom is 0.416 e. The Hall–Kier alpha value is -1.80. The lowest BCUT2D eigenvalue weighted by Gasteiger charge is -2.29. The normalized spacial score (nSPS) is 21.8. The van der Waals surface area contributed by atoms with E-state index in [2.05, 4.69) is 10.6 Å². The fourth-order valence-electron chi connectivity index (χ4n) is 2.42. The topological polar surface area (TPSA) is 59.6 Å². The van der Waals surface area contributed by atoms with Crippen molar-refractivity contribution in [1.29, 1.82) is 0 Å². The van der Waals surface area contributed by atoms with Crippen molar-refractivity contribution in [1.82, 2.24) is 10.6 Å². The minimum Gasteiger partial charge on any atom is -0.497 e. The highest BCUT2D eigenvalue weighted by Gasteiger charge is 2.34. The molecule has 1 amide bonds. The van der Waals surface area contributed by atoms with E-state index in [1.54, 1.807) is 6.92 Å². The highest BCUT2D eigenvalue weighted by Crippen LogP contribution is 2.34. The van der Waals surface area contributed by atoms with Gasteiger partial charge in [0.05, 0.1) is 25.4 Å². The number of benzene rings is 1.